The number of ketones is 1. The van der Waals surface area contributed by atoms with Crippen molar-refractivity contribution in [1.82, 2.24) is 0 Å². The van der Waals surface area contributed by atoms with E-state index in [0.717, 1.165) is 18.6 Å². The largest absolute Gasteiger partial charge is 0.494 e. The second-order valence-electron chi connectivity index (χ2n) is 5.25. The predicted molar refractivity (Wildman–Crippen MR) is 92.1 cm³/mol. The smallest absolute Gasteiger partial charge is 0.162 e. The lowest BCUT2D eigenvalue weighted by Gasteiger charge is -2.10. The molecule has 0 aliphatic heterocycles. The molecule has 122 valence electrons. The molecule has 2 aromatic carbocycles. The van der Waals surface area contributed by atoms with Gasteiger partial charge in [0.25, 0.3) is 0 Å². The summed E-state index contributed by atoms with van der Waals surface area (Å²) in [4.78, 5) is 11.6. The maximum absolute atomic E-state index is 11.6. The lowest BCUT2D eigenvalue weighted by atomic mass is 10.1. The monoisotopic (exact) mass is 313 g/mol. The van der Waals surface area contributed by atoms with Gasteiger partial charge in [0, 0.05) is 12.0 Å². The van der Waals surface area contributed by atoms with Crippen LogP contribution in [0.15, 0.2) is 48.5 Å². The molecule has 0 aliphatic carbocycles. The molecular weight excluding hydrogens is 290 g/mol. The molecular formula is C19H23NO3. The Hall–Kier alpha value is -2.49. The van der Waals surface area contributed by atoms with Gasteiger partial charge in [-0.1, -0.05) is 25.1 Å². The fourth-order valence-corrected chi connectivity index (χ4v) is 2.15. The molecule has 0 atom stereocenters. The number of unbranched alkanes of at least 4 members (excludes halogenated alkanes) is 1. The van der Waals surface area contributed by atoms with Crippen LogP contribution in [0.2, 0.25) is 0 Å². The number of anilines is 1. The third kappa shape index (κ3) is 5.33. The van der Waals surface area contributed by atoms with Crippen LogP contribution in [0.3, 0.4) is 0 Å². The molecule has 0 radical (unpaired) electrons. The molecule has 0 unspecified atom stereocenters. The number of hydrogen-bond acceptors (Lipinski definition) is 4. The summed E-state index contributed by atoms with van der Waals surface area (Å²) in [5.41, 5.74) is 7.07. The van der Waals surface area contributed by atoms with E-state index in [0.29, 0.717) is 36.6 Å². The highest BCUT2D eigenvalue weighted by molar-refractivity contribution is 5.97. The maximum atomic E-state index is 11.6. The van der Waals surface area contributed by atoms with Gasteiger partial charge in [0.05, 0.1) is 18.9 Å². The second-order valence-corrected chi connectivity index (χ2v) is 5.25. The van der Waals surface area contributed by atoms with Crippen molar-refractivity contribution >= 4 is 11.5 Å². The number of hydrogen-bond donors (Lipinski definition) is 1. The number of Topliss-reactive ketones (excluding diaryl/α,β-unsaturated/α-hetero) is 1. The molecule has 4 nitrogen and oxygen atoms in total. The van der Waals surface area contributed by atoms with Crippen molar-refractivity contribution in [1.29, 1.82) is 0 Å². The Kier molecular flexibility index (Phi) is 6.48. The average Bonchev–Trinajstić information content (AvgIpc) is 2.59. The van der Waals surface area contributed by atoms with Crippen LogP contribution in [0.4, 0.5) is 5.69 Å². The van der Waals surface area contributed by atoms with E-state index in [1.165, 1.54) is 0 Å². The van der Waals surface area contributed by atoms with Gasteiger partial charge in [0.1, 0.15) is 11.5 Å². The molecule has 0 aliphatic rings. The lowest BCUT2D eigenvalue weighted by molar-refractivity contribution is 0.0988. The van der Waals surface area contributed by atoms with Gasteiger partial charge in [0.15, 0.2) is 5.78 Å². The summed E-state index contributed by atoms with van der Waals surface area (Å²) in [6, 6.07) is 15.0. The Labute approximate surface area is 137 Å². The van der Waals surface area contributed by atoms with Gasteiger partial charge in [-0.15, -0.1) is 0 Å². The van der Waals surface area contributed by atoms with Crippen LogP contribution in [0.1, 0.15) is 36.5 Å². The molecule has 0 aromatic heterocycles. The Morgan fingerprint density at radius 1 is 1.00 bits per heavy atom. The Morgan fingerprint density at radius 2 is 1.70 bits per heavy atom. The van der Waals surface area contributed by atoms with E-state index in [9.17, 15) is 4.79 Å². The Balaban J connectivity index is 1.69. The molecule has 2 rings (SSSR count). The topological polar surface area (TPSA) is 61.5 Å². The summed E-state index contributed by atoms with van der Waals surface area (Å²) in [5, 5.41) is 0. The van der Waals surface area contributed by atoms with Crippen LogP contribution in [0.25, 0.3) is 0 Å². The number of para-hydroxylation sites is 1. The predicted octanol–water partition coefficient (Wildman–Crippen LogP) is 4.10. The lowest BCUT2D eigenvalue weighted by Crippen LogP contribution is -2.05. The molecule has 0 amide bonds. The quantitative estimate of drug-likeness (QED) is 0.430. The summed E-state index contributed by atoms with van der Waals surface area (Å²) in [5.74, 6) is 1.59. The van der Waals surface area contributed by atoms with Crippen LogP contribution >= 0.6 is 0 Å². The summed E-state index contributed by atoms with van der Waals surface area (Å²) in [7, 11) is 0. The summed E-state index contributed by atoms with van der Waals surface area (Å²) >= 11 is 0. The molecule has 0 spiro atoms. The van der Waals surface area contributed by atoms with E-state index >= 15 is 0 Å². The van der Waals surface area contributed by atoms with Gasteiger partial charge in [-0.05, 0) is 43.2 Å². The molecule has 4 heteroatoms. The first-order valence-electron chi connectivity index (χ1n) is 7.94. The zero-order valence-electron chi connectivity index (χ0n) is 13.5. The molecule has 0 bridgehead atoms. The minimum Gasteiger partial charge on any atom is -0.494 e. The van der Waals surface area contributed by atoms with Gasteiger partial charge >= 0.3 is 0 Å². The highest BCUT2D eigenvalue weighted by Crippen LogP contribution is 2.23. The number of carbonyl (C=O) groups is 1. The summed E-state index contributed by atoms with van der Waals surface area (Å²) in [6.07, 6.45) is 2.25. The van der Waals surface area contributed by atoms with Crippen LogP contribution in [0, 0.1) is 0 Å². The van der Waals surface area contributed by atoms with Gasteiger partial charge in [-0.3, -0.25) is 4.79 Å². The average molecular weight is 313 g/mol. The molecule has 23 heavy (non-hydrogen) atoms. The van der Waals surface area contributed by atoms with Crippen molar-refractivity contribution in [2.75, 3.05) is 18.9 Å². The molecule has 0 saturated carbocycles. The van der Waals surface area contributed by atoms with Crippen LogP contribution in [-0.2, 0) is 0 Å². The molecule has 0 fully saturated rings. The van der Waals surface area contributed by atoms with Crippen molar-refractivity contribution in [3.05, 3.63) is 54.1 Å². The van der Waals surface area contributed by atoms with Crippen molar-refractivity contribution in [3.8, 4) is 11.5 Å². The van der Waals surface area contributed by atoms with Crippen molar-refractivity contribution < 1.29 is 14.3 Å². The molecule has 2 N–H and O–H groups in total. The van der Waals surface area contributed by atoms with E-state index in [-0.39, 0.29) is 5.78 Å². The fraction of sp³-hybridized carbons (Fsp3) is 0.316. The van der Waals surface area contributed by atoms with Crippen molar-refractivity contribution in [2.24, 2.45) is 0 Å². The standard InChI is InChI=1S/C19H23NO3/c1-2-18(21)15-10-11-19(17(20)14-15)23-13-7-6-12-22-16-8-4-3-5-9-16/h3-5,8-11,14H,2,6-7,12-13,20H2,1H3. The zero-order chi connectivity index (χ0) is 16.5. The first-order valence-corrected chi connectivity index (χ1v) is 7.94. The van der Waals surface area contributed by atoms with Gasteiger partial charge in [-0.2, -0.15) is 0 Å². The number of carbonyl (C=O) groups excluding carboxylic acids is 1. The van der Waals surface area contributed by atoms with Crippen LogP contribution in [0.5, 0.6) is 11.5 Å². The molecule has 0 heterocycles. The third-order valence-corrected chi connectivity index (χ3v) is 3.46. The first-order chi connectivity index (χ1) is 11.2. The summed E-state index contributed by atoms with van der Waals surface area (Å²) < 4.78 is 11.3. The number of nitrogens with two attached hydrogens (primary N) is 1. The highest BCUT2D eigenvalue weighted by atomic mass is 16.5. The van der Waals surface area contributed by atoms with Gasteiger partial charge < -0.3 is 15.2 Å². The van der Waals surface area contributed by atoms with Gasteiger partial charge in [-0.25, -0.2) is 0 Å². The summed E-state index contributed by atoms with van der Waals surface area (Å²) in [6.45, 7) is 3.07. The van der Waals surface area contributed by atoms with Crippen LogP contribution in [-0.4, -0.2) is 19.0 Å². The van der Waals surface area contributed by atoms with E-state index < -0.39 is 0 Å². The second kappa shape index (κ2) is 8.83. The van der Waals surface area contributed by atoms with Crippen LogP contribution < -0.4 is 15.2 Å². The fourth-order valence-electron chi connectivity index (χ4n) is 2.15. The Morgan fingerprint density at radius 3 is 2.35 bits per heavy atom. The number of ether oxygens (including phenoxy) is 2. The van der Waals surface area contributed by atoms with Crippen molar-refractivity contribution in [3.63, 3.8) is 0 Å². The van der Waals surface area contributed by atoms with Gasteiger partial charge in [0.2, 0.25) is 0 Å². The third-order valence-electron chi connectivity index (χ3n) is 3.46. The maximum Gasteiger partial charge on any atom is 0.162 e. The van der Waals surface area contributed by atoms with E-state index in [2.05, 4.69) is 0 Å². The SMILES string of the molecule is CCC(=O)c1ccc(OCCCCOc2ccccc2)c(N)c1. The molecule has 2 aromatic rings. The Bertz CT molecular complexity index is 626. The zero-order valence-corrected chi connectivity index (χ0v) is 13.5. The van der Waals surface area contributed by atoms with Crippen molar-refractivity contribution in [2.45, 2.75) is 26.2 Å². The minimum atomic E-state index is 0.0845. The van der Waals surface area contributed by atoms with E-state index in [1.54, 1.807) is 18.2 Å². The number of nitrogen functional groups attached to an aromatic ring is 1. The normalized spacial score (nSPS) is 10.3. The van der Waals surface area contributed by atoms with E-state index in [4.69, 9.17) is 15.2 Å². The highest BCUT2D eigenvalue weighted by Gasteiger charge is 2.07. The minimum absolute atomic E-state index is 0.0845. The number of rotatable bonds is 9. The molecule has 0 saturated heterocycles. The van der Waals surface area contributed by atoms with E-state index in [1.807, 2.05) is 37.3 Å². The first kappa shape index (κ1) is 16.9. The number of benzene rings is 2.